The van der Waals surface area contributed by atoms with Gasteiger partial charge in [-0.15, -0.1) is 22.0 Å². The van der Waals surface area contributed by atoms with Crippen molar-refractivity contribution in [2.24, 2.45) is 0 Å². The molecule has 0 bridgehead atoms. The summed E-state index contributed by atoms with van der Waals surface area (Å²) in [4.78, 5) is 26.8. The van der Waals surface area contributed by atoms with Gasteiger partial charge in [0.15, 0.2) is 0 Å². The third-order valence-electron chi connectivity index (χ3n) is 4.96. The second-order valence-corrected chi connectivity index (χ2v) is 9.42. The molecule has 2 N–H and O–H groups in total. The smallest absolute Gasteiger partial charge is 0.286 e. The van der Waals surface area contributed by atoms with Gasteiger partial charge in [-0.1, -0.05) is 42.4 Å². The fourth-order valence-corrected chi connectivity index (χ4v) is 4.93. The van der Waals surface area contributed by atoms with Gasteiger partial charge in [-0.25, -0.2) is 0 Å². The zero-order chi connectivity index (χ0) is 21.2. The third kappa shape index (κ3) is 7.37. The molecular formula is C21H29N5O2S2. The summed E-state index contributed by atoms with van der Waals surface area (Å²) in [6.45, 7) is 5.84. The van der Waals surface area contributed by atoms with E-state index in [-0.39, 0.29) is 11.8 Å². The second kappa shape index (κ2) is 12.0. The Morgan fingerprint density at radius 2 is 1.90 bits per heavy atom. The zero-order valence-corrected chi connectivity index (χ0v) is 19.0. The van der Waals surface area contributed by atoms with Crippen LogP contribution in [0.15, 0.2) is 24.3 Å². The number of amides is 2. The highest BCUT2D eigenvalue weighted by molar-refractivity contribution is 7.99. The van der Waals surface area contributed by atoms with Crippen LogP contribution in [0.25, 0.3) is 0 Å². The topological polar surface area (TPSA) is 87.2 Å². The number of carbonyl (C=O) groups excluding carboxylic acids is 2. The van der Waals surface area contributed by atoms with Crippen molar-refractivity contribution in [1.29, 1.82) is 0 Å². The van der Waals surface area contributed by atoms with Crippen molar-refractivity contribution in [3.8, 4) is 0 Å². The number of aromatic nitrogens is 2. The summed E-state index contributed by atoms with van der Waals surface area (Å²) in [5, 5.41) is 15.0. The molecule has 1 aliphatic rings. The van der Waals surface area contributed by atoms with Crippen molar-refractivity contribution in [2.45, 2.75) is 38.4 Å². The molecule has 0 saturated carbocycles. The highest BCUT2D eigenvalue weighted by Crippen LogP contribution is 2.19. The van der Waals surface area contributed by atoms with Crippen molar-refractivity contribution in [3.63, 3.8) is 0 Å². The lowest BCUT2D eigenvalue weighted by Gasteiger charge is -2.19. The molecule has 7 nitrogen and oxygen atoms in total. The fourth-order valence-electron chi connectivity index (χ4n) is 3.29. The predicted molar refractivity (Wildman–Crippen MR) is 123 cm³/mol. The Hall–Kier alpha value is -1.97. The molecule has 30 heavy (non-hydrogen) atoms. The van der Waals surface area contributed by atoms with Gasteiger partial charge in [0.1, 0.15) is 5.01 Å². The van der Waals surface area contributed by atoms with Gasteiger partial charge in [0.2, 0.25) is 10.9 Å². The highest BCUT2D eigenvalue weighted by Gasteiger charge is 2.14. The molecule has 1 aliphatic heterocycles. The standard InChI is InChI=1S/C21H29N5O2S2/c1-16-8-4-5-9-17(16)23-20(28)21-25-24-19(30-21)15-29-14-18(27)22-10-13-26-11-6-2-3-7-12-26/h4-5,8-9H,2-3,6-7,10-15H2,1H3,(H,22,27)(H,23,28). The van der Waals surface area contributed by atoms with Gasteiger partial charge >= 0.3 is 0 Å². The molecule has 1 aromatic carbocycles. The van der Waals surface area contributed by atoms with Crippen molar-refractivity contribution in [1.82, 2.24) is 20.4 Å². The van der Waals surface area contributed by atoms with Crippen molar-refractivity contribution in [2.75, 3.05) is 37.2 Å². The molecule has 1 saturated heterocycles. The number of para-hydroxylation sites is 1. The number of hydrogen-bond acceptors (Lipinski definition) is 7. The first-order chi connectivity index (χ1) is 14.6. The lowest BCUT2D eigenvalue weighted by atomic mass is 10.2. The molecule has 0 spiro atoms. The largest absolute Gasteiger partial charge is 0.354 e. The molecule has 0 aliphatic carbocycles. The van der Waals surface area contributed by atoms with Crippen LogP contribution in [-0.2, 0) is 10.5 Å². The minimum atomic E-state index is -0.260. The number of anilines is 1. The number of nitrogens with zero attached hydrogens (tertiary/aromatic N) is 3. The summed E-state index contributed by atoms with van der Waals surface area (Å²) in [5.74, 6) is 0.722. The van der Waals surface area contributed by atoms with Crippen LogP contribution in [0.4, 0.5) is 5.69 Å². The molecule has 3 rings (SSSR count). The van der Waals surface area contributed by atoms with Crippen LogP contribution in [0.3, 0.4) is 0 Å². The van der Waals surface area contributed by atoms with E-state index in [0.29, 0.717) is 23.1 Å². The monoisotopic (exact) mass is 447 g/mol. The molecule has 9 heteroatoms. The molecule has 0 atom stereocenters. The highest BCUT2D eigenvalue weighted by atomic mass is 32.2. The Balaban J connectivity index is 1.34. The van der Waals surface area contributed by atoms with Gasteiger partial charge in [-0.2, -0.15) is 0 Å². The maximum absolute atomic E-state index is 12.4. The number of benzene rings is 1. The number of nitrogens with one attached hydrogen (secondary N) is 2. The molecule has 0 radical (unpaired) electrons. The molecule has 162 valence electrons. The Bertz CT molecular complexity index is 834. The van der Waals surface area contributed by atoms with Crippen molar-refractivity contribution in [3.05, 3.63) is 39.8 Å². The van der Waals surface area contributed by atoms with E-state index >= 15 is 0 Å². The minimum Gasteiger partial charge on any atom is -0.354 e. The summed E-state index contributed by atoms with van der Waals surface area (Å²) in [6, 6.07) is 7.60. The number of likely N-dealkylation sites (tertiary alicyclic amines) is 1. The van der Waals surface area contributed by atoms with Crippen LogP contribution in [0.5, 0.6) is 0 Å². The van der Waals surface area contributed by atoms with Gasteiger partial charge in [0.05, 0.1) is 5.75 Å². The summed E-state index contributed by atoms with van der Waals surface area (Å²) < 4.78 is 0. The fraction of sp³-hybridized carbons (Fsp3) is 0.524. The molecule has 1 aromatic heterocycles. The molecule has 0 unspecified atom stereocenters. The summed E-state index contributed by atoms with van der Waals surface area (Å²) in [5.41, 5.74) is 1.76. The number of rotatable bonds is 9. The van der Waals surface area contributed by atoms with E-state index in [2.05, 4.69) is 25.7 Å². The maximum Gasteiger partial charge on any atom is 0.286 e. The molecule has 2 aromatic rings. The van der Waals surface area contributed by atoms with Gasteiger partial charge < -0.3 is 15.5 Å². The number of aryl methyl sites for hydroxylation is 1. The Kier molecular flexibility index (Phi) is 9.10. The van der Waals surface area contributed by atoms with Crippen LogP contribution in [-0.4, -0.2) is 58.8 Å². The van der Waals surface area contributed by atoms with Crippen molar-refractivity contribution < 1.29 is 9.59 Å². The summed E-state index contributed by atoms with van der Waals surface area (Å²) in [6.07, 6.45) is 5.16. The number of hydrogen-bond donors (Lipinski definition) is 2. The van der Waals surface area contributed by atoms with Crippen LogP contribution in [0.1, 0.15) is 46.1 Å². The van der Waals surface area contributed by atoms with E-state index in [1.54, 1.807) is 0 Å². The average molecular weight is 448 g/mol. The van der Waals surface area contributed by atoms with Crippen LogP contribution >= 0.6 is 23.1 Å². The zero-order valence-electron chi connectivity index (χ0n) is 17.4. The predicted octanol–water partition coefficient (Wildman–Crippen LogP) is 3.32. The number of carbonyl (C=O) groups is 2. The Morgan fingerprint density at radius 3 is 2.67 bits per heavy atom. The van der Waals surface area contributed by atoms with E-state index in [1.807, 2.05) is 31.2 Å². The Morgan fingerprint density at radius 1 is 1.13 bits per heavy atom. The first-order valence-electron chi connectivity index (χ1n) is 10.4. The SMILES string of the molecule is Cc1ccccc1NC(=O)c1nnc(CSCC(=O)NCCN2CCCCCC2)s1. The third-order valence-corrected chi connectivity index (χ3v) is 7.01. The van der Waals surface area contributed by atoms with Crippen LogP contribution in [0, 0.1) is 6.92 Å². The van der Waals surface area contributed by atoms with Gasteiger partial charge in [0, 0.05) is 24.5 Å². The van der Waals surface area contributed by atoms with E-state index in [0.717, 1.165) is 35.9 Å². The maximum atomic E-state index is 12.4. The summed E-state index contributed by atoms with van der Waals surface area (Å²) in [7, 11) is 0. The quantitative estimate of drug-likeness (QED) is 0.613. The minimum absolute atomic E-state index is 0.0388. The number of thioether (sulfide) groups is 1. The molecule has 2 heterocycles. The Labute approximate surface area is 186 Å². The van der Waals surface area contributed by atoms with Gasteiger partial charge in [0.25, 0.3) is 5.91 Å². The van der Waals surface area contributed by atoms with E-state index in [9.17, 15) is 9.59 Å². The summed E-state index contributed by atoms with van der Waals surface area (Å²) >= 11 is 2.75. The lowest BCUT2D eigenvalue weighted by molar-refractivity contribution is -0.118. The average Bonchev–Trinajstić information content (AvgIpc) is 3.05. The van der Waals surface area contributed by atoms with E-state index in [1.165, 1.54) is 48.8 Å². The molecular weight excluding hydrogens is 418 g/mol. The first kappa shape index (κ1) is 22.7. The lowest BCUT2D eigenvalue weighted by Crippen LogP contribution is -2.36. The molecule has 2 amide bonds. The van der Waals surface area contributed by atoms with E-state index in [4.69, 9.17) is 0 Å². The normalized spacial score (nSPS) is 14.8. The van der Waals surface area contributed by atoms with Crippen molar-refractivity contribution >= 4 is 40.6 Å². The van der Waals surface area contributed by atoms with Gasteiger partial charge in [-0.05, 0) is 44.5 Å². The second-order valence-electron chi connectivity index (χ2n) is 7.37. The van der Waals surface area contributed by atoms with Crippen LogP contribution in [0.2, 0.25) is 0 Å². The van der Waals surface area contributed by atoms with E-state index < -0.39 is 0 Å². The molecule has 1 fully saturated rings. The van der Waals surface area contributed by atoms with Crippen LogP contribution < -0.4 is 10.6 Å². The first-order valence-corrected chi connectivity index (χ1v) is 12.3. The van der Waals surface area contributed by atoms with Gasteiger partial charge in [-0.3, -0.25) is 9.59 Å².